The van der Waals surface area contributed by atoms with Crippen LogP contribution >= 0.6 is 0 Å². The number of carbonyl (C=O) groups excluding carboxylic acids is 2. The largest absolute Gasteiger partial charge is 0.480 e. The van der Waals surface area contributed by atoms with Crippen molar-refractivity contribution in [3.63, 3.8) is 0 Å². The van der Waals surface area contributed by atoms with Crippen LogP contribution in [-0.4, -0.2) is 40.4 Å². The topological polar surface area (TPSA) is 86.7 Å². The van der Waals surface area contributed by atoms with Crippen LogP contribution in [0.1, 0.15) is 35.7 Å². The number of anilines is 1. The number of alkyl halides is 3. The Hall–Kier alpha value is -2.58. The molecule has 9 heteroatoms. The number of carboxylic acids is 1. The van der Waals surface area contributed by atoms with Gasteiger partial charge in [-0.3, -0.25) is 9.59 Å². The lowest BCUT2D eigenvalue weighted by Crippen LogP contribution is -2.40. The van der Waals surface area contributed by atoms with Crippen LogP contribution in [0.5, 0.6) is 0 Å². The number of nitrogens with one attached hydrogen (secondary N) is 1. The maximum Gasteiger partial charge on any atom is 0.416 e. The molecule has 6 nitrogen and oxygen atoms in total. The van der Waals surface area contributed by atoms with Crippen LogP contribution in [0.3, 0.4) is 0 Å². The van der Waals surface area contributed by atoms with Crippen LogP contribution in [0.15, 0.2) is 18.2 Å². The van der Waals surface area contributed by atoms with Crippen molar-refractivity contribution in [3.05, 3.63) is 29.3 Å². The number of rotatable bonds is 3. The highest BCUT2D eigenvalue weighted by Crippen LogP contribution is 2.33. The second kappa shape index (κ2) is 6.50. The minimum atomic E-state index is -4.71. The van der Waals surface area contributed by atoms with Gasteiger partial charge in [-0.25, -0.2) is 4.79 Å². The van der Waals surface area contributed by atoms with E-state index in [4.69, 9.17) is 5.11 Å². The highest BCUT2D eigenvalue weighted by Gasteiger charge is 2.36. The number of aliphatic carboxylic acids is 1. The zero-order valence-corrected chi connectivity index (χ0v) is 12.7. The molecule has 1 aromatic rings. The zero-order chi connectivity index (χ0) is 18.1. The third kappa shape index (κ3) is 3.84. The number of benzene rings is 1. The molecule has 0 saturated carbocycles. The van der Waals surface area contributed by atoms with Crippen molar-refractivity contribution in [2.24, 2.45) is 0 Å². The monoisotopic (exact) mass is 344 g/mol. The third-order valence-electron chi connectivity index (χ3n) is 3.63. The Balaban J connectivity index is 2.42. The van der Waals surface area contributed by atoms with Crippen LogP contribution in [0.4, 0.5) is 18.9 Å². The summed E-state index contributed by atoms with van der Waals surface area (Å²) < 4.78 is 39.0. The Kier molecular flexibility index (Phi) is 4.81. The number of amides is 2. The summed E-state index contributed by atoms with van der Waals surface area (Å²) in [5, 5.41) is 11.3. The van der Waals surface area contributed by atoms with E-state index >= 15 is 0 Å². The molecule has 1 aliphatic heterocycles. The highest BCUT2D eigenvalue weighted by molar-refractivity contribution is 5.99. The van der Waals surface area contributed by atoms with Crippen molar-refractivity contribution in [3.8, 4) is 0 Å². The van der Waals surface area contributed by atoms with Gasteiger partial charge in [0.15, 0.2) is 0 Å². The number of halogens is 3. The molecule has 2 rings (SSSR count). The van der Waals surface area contributed by atoms with E-state index in [9.17, 15) is 27.6 Å². The maximum atomic E-state index is 13.0. The van der Waals surface area contributed by atoms with Crippen molar-refractivity contribution >= 4 is 23.5 Å². The minimum absolute atomic E-state index is 0.154. The molecule has 1 fully saturated rings. The highest BCUT2D eigenvalue weighted by atomic mass is 19.4. The fraction of sp³-hybridized carbons (Fsp3) is 0.400. The van der Waals surface area contributed by atoms with Gasteiger partial charge in [-0.2, -0.15) is 13.2 Å². The molecule has 130 valence electrons. The maximum absolute atomic E-state index is 13.0. The molecule has 2 N–H and O–H groups in total. The molecule has 24 heavy (non-hydrogen) atoms. The second-order valence-electron chi connectivity index (χ2n) is 5.47. The molecule has 1 saturated heterocycles. The Morgan fingerprint density at radius 2 is 1.92 bits per heavy atom. The number of likely N-dealkylation sites (tertiary alicyclic amines) is 1. The second-order valence-corrected chi connectivity index (χ2v) is 5.47. The summed E-state index contributed by atoms with van der Waals surface area (Å²) in [5.74, 6) is -2.59. The normalized spacial score (nSPS) is 17.7. The van der Waals surface area contributed by atoms with E-state index < -0.39 is 35.6 Å². The van der Waals surface area contributed by atoms with E-state index in [-0.39, 0.29) is 24.2 Å². The van der Waals surface area contributed by atoms with E-state index in [2.05, 4.69) is 5.32 Å². The molecule has 0 bridgehead atoms. The summed E-state index contributed by atoms with van der Waals surface area (Å²) >= 11 is 0. The van der Waals surface area contributed by atoms with E-state index in [1.165, 1.54) is 0 Å². The summed E-state index contributed by atoms with van der Waals surface area (Å²) in [6, 6.07) is 1.43. The van der Waals surface area contributed by atoms with Gasteiger partial charge < -0.3 is 15.3 Å². The molecule has 1 aromatic carbocycles. The van der Waals surface area contributed by atoms with Crippen LogP contribution in [0.25, 0.3) is 0 Å². The summed E-state index contributed by atoms with van der Waals surface area (Å²) in [6.07, 6.45) is -4.00. The fourth-order valence-corrected chi connectivity index (χ4v) is 2.62. The molecule has 0 radical (unpaired) electrons. The Morgan fingerprint density at radius 3 is 2.46 bits per heavy atom. The van der Waals surface area contributed by atoms with Crippen LogP contribution in [0.2, 0.25) is 0 Å². The molecule has 0 spiro atoms. The first-order valence-electron chi connectivity index (χ1n) is 7.13. The van der Waals surface area contributed by atoms with Gasteiger partial charge in [0, 0.05) is 24.7 Å². The van der Waals surface area contributed by atoms with Crippen LogP contribution in [-0.2, 0) is 15.8 Å². The van der Waals surface area contributed by atoms with Crippen molar-refractivity contribution in [2.75, 3.05) is 11.9 Å². The van der Waals surface area contributed by atoms with Gasteiger partial charge in [0.25, 0.3) is 5.91 Å². The van der Waals surface area contributed by atoms with E-state index in [1.807, 2.05) is 0 Å². The molecule has 0 aromatic heterocycles. The van der Waals surface area contributed by atoms with Crippen molar-refractivity contribution in [2.45, 2.75) is 32.0 Å². The average molecular weight is 344 g/mol. The number of carbonyl (C=O) groups is 3. The lowest BCUT2D eigenvalue weighted by molar-refractivity contribution is -0.141. The molecule has 1 aliphatic rings. The third-order valence-corrected chi connectivity index (χ3v) is 3.63. The smallest absolute Gasteiger partial charge is 0.416 e. The quantitative estimate of drug-likeness (QED) is 0.881. The van der Waals surface area contributed by atoms with Crippen molar-refractivity contribution < 1.29 is 32.7 Å². The summed E-state index contributed by atoms with van der Waals surface area (Å²) in [7, 11) is 0. The summed E-state index contributed by atoms with van der Waals surface area (Å²) in [4.78, 5) is 35.7. The molecular weight excluding hydrogens is 329 g/mol. The predicted octanol–water partition coefficient (Wildman–Crippen LogP) is 2.35. The Bertz CT molecular complexity index is 688. The van der Waals surface area contributed by atoms with Gasteiger partial charge in [-0.15, -0.1) is 0 Å². The first-order chi connectivity index (χ1) is 11.1. The minimum Gasteiger partial charge on any atom is -0.480 e. The van der Waals surface area contributed by atoms with Crippen molar-refractivity contribution in [1.29, 1.82) is 0 Å². The molecule has 1 heterocycles. The average Bonchev–Trinajstić information content (AvgIpc) is 2.94. The van der Waals surface area contributed by atoms with E-state index in [0.717, 1.165) is 24.0 Å². The first-order valence-corrected chi connectivity index (χ1v) is 7.13. The summed E-state index contributed by atoms with van der Waals surface area (Å²) in [6.45, 7) is 1.28. The number of hydrogen-bond acceptors (Lipinski definition) is 3. The van der Waals surface area contributed by atoms with Gasteiger partial charge in [0.1, 0.15) is 6.04 Å². The number of carboxylic acid groups (broad SMARTS) is 1. The number of nitrogens with zero attached hydrogens (tertiary/aromatic N) is 1. The Morgan fingerprint density at radius 1 is 1.25 bits per heavy atom. The van der Waals surface area contributed by atoms with Gasteiger partial charge in [-0.1, -0.05) is 0 Å². The van der Waals surface area contributed by atoms with Crippen molar-refractivity contribution in [1.82, 2.24) is 4.90 Å². The van der Waals surface area contributed by atoms with Gasteiger partial charge in [0.2, 0.25) is 5.91 Å². The lowest BCUT2D eigenvalue weighted by Gasteiger charge is -2.22. The van der Waals surface area contributed by atoms with E-state index in [1.54, 1.807) is 0 Å². The van der Waals surface area contributed by atoms with Gasteiger partial charge in [-0.05, 0) is 31.0 Å². The summed E-state index contributed by atoms with van der Waals surface area (Å²) in [5.41, 5.74) is -1.59. The lowest BCUT2D eigenvalue weighted by atomic mass is 10.1. The van der Waals surface area contributed by atoms with Crippen LogP contribution in [0, 0.1) is 0 Å². The zero-order valence-electron chi connectivity index (χ0n) is 12.7. The molecule has 1 atom stereocenters. The molecule has 0 aliphatic carbocycles. The Labute approximate surface area is 135 Å². The predicted molar refractivity (Wildman–Crippen MR) is 77.4 cm³/mol. The van der Waals surface area contributed by atoms with Gasteiger partial charge in [0.05, 0.1) is 5.56 Å². The fourth-order valence-electron chi connectivity index (χ4n) is 2.62. The number of hydrogen-bond donors (Lipinski definition) is 2. The van der Waals surface area contributed by atoms with Crippen LogP contribution < -0.4 is 5.32 Å². The molecule has 0 unspecified atom stereocenters. The molecule has 2 amide bonds. The van der Waals surface area contributed by atoms with E-state index in [0.29, 0.717) is 12.5 Å². The SMILES string of the molecule is CC(=O)Nc1cc(C(=O)N2CCC[C@H]2C(=O)O)cc(C(F)(F)F)c1. The first kappa shape index (κ1) is 17.8. The molecular formula is C15H15F3N2O4. The standard InChI is InChI=1S/C15H15F3N2O4/c1-8(21)19-11-6-9(5-10(7-11)15(16,17)18)13(22)20-4-2-3-12(20)14(23)24/h5-7,12H,2-4H2,1H3,(H,19,21)(H,23,24)/t12-/m0/s1. The van der Waals surface area contributed by atoms with Gasteiger partial charge >= 0.3 is 12.1 Å².